The minimum atomic E-state index is -0.103. The van der Waals surface area contributed by atoms with E-state index >= 15 is 0 Å². The minimum absolute atomic E-state index is 0.0952. The van der Waals surface area contributed by atoms with Crippen molar-refractivity contribution in [2.24, 2.45) is 4.99 Å². The van der Waals surface area contributed by atoms with Crippen LogP contribution in [0.4, 0.5) is 0 Å². The lowest BCUT2D eigenvalue weighted by molar-refractivity contribution is -0.123. The number of rotatable bonds is 3. The summed E-state index contributed by atoms with van der Waals surface area (Å²) >= 11 is 0. The lowest BCUT2D eigenvalue weighted by Crippen LogP contribution is -2.49. The highest BCUT2D eigenvalue weighted by molar-refractivity contribution is 5.97. The molecule has 0 aliphatic carbocycles. The van der Waals surface area contributed by atoms with Crippen LogP contribution in [0.3, 0.4) is 0 Å². The van der Waals surface area contributed by atoms with E-state index in [1.54, 1.807) is 11.9 Å². The molecule has 1 aromatic carbocycles. The Morgan fingerprint density at radius 1 is 1.16 bits per heavy atom. The molecule has 2 amide bonds. The zero-order valence-corrected chi connectivity index (χ0v) is 14.6. The van der Waals surface area contributed by atoms with Crippen LogP contribution in [-0.4, -0.2) is 67.3 Å². The van der Waals surface area contributed by atoms with E-state index in [2.05, 4.69) is 20.5 Å². The van der Waals surface area contributed by atoms with Crippen LogP contribution in [0.2, 0.25) is 0 Å². The van der Waals surface area contributed by atoms with Gasteiger partial charge in [0.1, 0.15) is 0 Å². The molecule has 0 saturated carbocycles. The van der Waals surface area contributed by atoms with Gasteiger partial charge in [-0.05, 0) is 30.5 Å². The molecule has 7 heteroatoms. The van der Waals surface area contributed by atoms with E-state index in [0.29, 0.717) is 25.2 Å². The molecule has 25 heavy (non-hydrogen) atoms. The lowest BCUT2D eigenvalue weighted by Gasteiger charge is -2.26. The van der Waals surface area contributed by atoms with Gasteiger partial charge in [-0.1, -0.05) is 12.1 Å². The molecule has 1 aromatic rings. The molecule has 0 spiro atoms. The Morgan fingerprint density at radius 3 is 2.52 bits per heavy atom. The van der Waals surface area contributed by atoms with Crippen LogP contribution < -0.4 is 10.6 Å². The average Bonchev–Trinajstić information content (AvgIpc) is 3.17. The van der Waals surface area contributed by atoms with Gasteiger partial charge in [0.15, 0.2) is 5.96 Å². The number of benzene rings is 1. The van der Waals surface area contributed by atoms with E-state index in [9.17, 15) is 9.59 Å². The summed E-state index contributed by atoms with van der Waals surface area (Å²) in [5, 5.41) is 6.10. The van der Waals surface area contributed by atoms with Gasteiger partial charge >= 0.3 is 0 Å². The summed E-state index contributed by atoms with van der Waals surface area (Å²) in [7, 11) is 1.80. The molecule has 0 aromatic heterocycles. The Hall–Kier alpha value is -2.57. The van der Waals surface area contributed by atoms with Gasteiger partial charge in [-0.25, -0.2) is 0 Å². The first-order valence-electron chi connectivity index (χ1n) is 8.78. The molecule has 0 atom stereocenters. The van der Waals surface area contributed by atoms with Crippen LogP contribution in [-0.2, 0) is 11.3 Å². The fourth-order valence-corrected chi connectivity index (χ4v) is 3.20. The smallest absolute Gasteiger partial charge is 0.254 e. The van der Waals surface area contributed by atoms with Crippen LogP contribution >= 0.6 is 0 Å². The largest absolute Gasteiger partial charge is 0.353 e. The second-order valence-corrected chi connectivity index (χ2v) is 6.37. The third kappa shape index (κ3) is 4.29. The molecule has 0 bridgehead atoms. The molecule has 0 unspecified atom stereocenters. The Labute approximate surface area is 148 Å². The van der Waals surface area contributed by atoms with Crippen LogP contribution in [0.1, 0.15) is 28.8 Å². The minimum Gasteiger partial charge on any atom is -0.353 e. The van der Waals surface area contributed by atoms with Crippen molar-refractivity contribution in [3.8, 4) is 0 Å². The Bertz CT molecular complexity index is 650. The molecular weight excluding hydrogens is 318 g/mol. The number of likely N-dealkylation sites (tertiary alicyclic amines) is 1. The van der Waals surface area contributed by atoms with E-state index < -0.39 is 0 Å². The van der Waals surface area contributed by atoms with Crippen LogP contribution in [0.5, 0.6) is 0 Å². The number of hydrogen-bond acceptors (Lipinski definition) is 3. The number of nitrogens with one attached hydrogen (secondary N) is 2. The molecule has 2 heterocycles. The highest BCUT2D eigenvalue weighted by Gasteiger charge is 2.22. The number of nitrogens with zero attached hydrogens (tertiary/aromatic N) is 3. The molecule has 2 aliphatic heterocycles. The van der Waals surface area contributed by atoms with Crippen LogP contribution in [0.25, 0.3) is 0 Å². The molecular formula is C18H25N5O2. The number of amides is 2. The summed E-state index contributed by atoms with van der Waals surface area (Å²) in [6.45, 7) is 3.98. The fourth-order valence-electron chi connectivity index (χ4n) is 3.20. The zero-order chi connectivity index (χ0) is 17.6. The summed E-state index contributed by atoms with van der Waals surface area (Å²) in [5.41, 5.74) is 1.70. The van der Waals surface area contributed by atoms with E-state index in [4.69, 9.17) is 0 Å². The topological polar surface area (TPSA) is 77.0 Å². The highest BCUT2D eigenvalue weighted by Crippen LogP contribution is 2.10. The van der Waals surface area contributed by atoms with Crippen molar-refractivity contribution in [2.75, 3.05) is 39.8 Å². The van der Waals surface area contributed by atoms with Crippen LogP contribution in [0.15, 0.2) is 29.3 Å². The fraction of sp³-hybridized carbons (Fsp3) is 0.500. The number of hydrogen-bond donors (Lipinski definition) is 2. The molecule has 2 saturated heterocycles. The second-order valence-electron chi connectivity index (χ2n) is 6.37. The van der Waals surface area contributed by atoms with E-state index in [0.717, 1.165) is 24.6 Å². The van der Waals surface area contributed by atoms with Gasteiger partial charge < -0.3 is 20.4 Å². The summed E-state index contributed by atoms with van der Waals surface area (Å²) in [4.78, 5) is 32.0. The second kappa shape index (κ2) is 8.00. The van der Waals surface area contributed by atoms with Crippen molar-refractivity contribution in [3.05, 3.63) is 35.4 Å². The van der Waals surface area contributed by atoms with Crippen molar-refractivity contribution in [1.82, 2.24) is 20.4 Å². The first kappa shape index (κ1) is 17.3. The average molecular weight is 343 g/mol. The van der Waals surface area contributed by atoms with Crippen molar-refractivity contribution < 1.29 is 9.59 Å². The Balaban J connectivity index is 1.56. The number of guanidine groups is 1. The third-order valence-corrected chi connectivity index (χ3v) is 4.59. The number of carbonyl (C=O) groups is 2. The first-order valence-corrected chi connectivity index (χ1v) is 8.78. The van der Waals surface area contributed by atoms with E-state index in [1.807, 2.05) is 24.3 Å². The van der Waals surface area contributed by atoms with E-state index in [1.165, 1.54) is 12.8 Å². The monoisotopic (exact) mass is 343 g/mol. The van der Waals surface area contributed by atoms with Gasteiger partial charge in [0, 0.05) is 45.3 Å². The molecule has 2 fully saturated rings. The van der Waals surface area contributed by atoms with E-state index in [-0.39, 0.29) is 18.4 Å². The SMILES string of the molecule is CN=C(NCc1ccc(C(=O)N2CCNC(=O)C2)cc1)N1CCCC1. The molecule has 0 radical (unpaired) electrons. The van der Waals surface area contributed by atoms with Crippen LogP contribution in [0, 0.1) is 0 Å². The number of aliphatic imine (C=N–C) groups is 1. The number of carbonyl (C=O) groups excluding carboxylic acids is 2. The summed E-state index contributed by atoms with van der Waals surface area (Å²) in [6, 6.07) is 7.54. The summed E-state index contributed by atoms with van der Waals surface area (Å²) < 4.78 is 0. The zero-order valence-electron chi connectivity index (χ0n) is 14.6. The standard InChI is InChI=1S/C18H25N5O2/c1-19-18(22-9-2-3-10-22)21-12-14-4-6-15(7-5-14)17(25)23-11-8-20-16(24)13-23/h4-7H,2-3,8-13H2,1H3,(H,19,21)(H,20,24). The molecule has 2 aliphatic rings. The van der Waals surface area contributed by atoms with Gasteiger partial charge in [0.2, 0.25) is 5.91 Å². The quantitative estimate of drug-likeness (QED) is 0.616. The van der Waals surface area contributed by atoms with Crippen molar-refractivity contribution in [2.45, 2.75) is 19.4 Å². The van der Waals surface area contributed by atoms with Crippen molar-refractivity contribution >= 4 is 17.8 Å². The third-order valence-electron chi connectivity index (χ3n) is 4.59. The molecule has 134 valence electrons. The van der Waals surface area contributed by atoms with Crippen molar-refractivity contribution in [1.29, 1.82) is 0 Å². The summed E-state index contributed by atoms with van der Waals surface area (Å²) in [6.07, 6.45) is 2.43. The molecule has 7 nitrogen and oxygen atoms in total. The highest BCUT2D eigenvalue weighted by atomic mass is 16.2. The van der Waals surface area contributed by atoms with Gasteiger partial charge in [-0.15, -0.1) is 0 Å². The number of piperazine rings is 1. The summed E-state index contributed by atoms with van der Waals surface area (Å²) in [5.74, 6) is 0.730. The first-order chi connectivity index (χ1) is 12.2. The van der Waals surface area contributed by atoms with Crippen molar-refractivity contribution in [3.63, 3.8) is 0 Å². The maximum Gasteiger partial charge on any atom is 0.254 e. The predicted molar refractivity (Wildman–Crippen MR) is 96.4 cm³/mol. The maximum absolute atomic E-state index is 12.4. The molecule has 3 rings (SSSR count). The van der Waals surface area contributed by atoms with Gasteiger partial charge in [-0.2, -0.15) is 0 Å². The Kier molecular flexibility index (Phi) is 5.53. The van der Waals surface area contributed by atoms with Gasteiger partial charge in [0.25, 0.3) is 5.91 Å². The molecule has 2 N–H and O–H groups in total. The predicted octanol–water partition coefficient (Wildman–Crippen LogP) is 0.430. The maximum atomic E-state index is 12.4. The van der Waals surface area contributed by atoms with Gasteiger partial charge in [0.05, 0.1) is 6.54 Å². The lowest BCUT2D eigenvalue weighted by atomic mass is 10.1. The normalized spacial score (nSPS) is 18.3. The van der Waals surface area contributed by atoms with Gasteiger partial charge in [-0.3, -0.25) is 14.6 Å². The Morgan fingerprint density at radius 2 is 1.88 bits per heavy atom.